The first kappa shape index (κ1) is 25.7. The number of rotatable bonds is 8. The zero-order valence-corrected chi connectivity index (χ0v) is 22.6. The predicted molar refractivity (Wildman–Crippen MR) is 151 cm³/mol. The number of nitrogens with zero attached hydrogens (tertiary/aromatic N) is 1. The number of thiophene rings is 1. The summed E-state index contributed by atoms with van der Waals surface area (Å²) in [6, 6.07) is 14.8. The van der Waals surface area contributed by atoms with E-state index in [0.29, 0.717) is 44.8 Å². The third-order valence-corrected chi connectivity index (χ3v) is 8.35. The lowest BCUT2D eigenvalue weighted by atomic mass is 9.84. The van der Waals surface area contributed by atoms with Crippen LogP contribution in [0.1, 0.15) is 57.3 Å². The second kappa shape index (κ2) is 10.8. The number of fused-ring (bicyclic) bond motifs is 2. The third kappa shape index (κ3) is 4.84. The Morgan fingerprint density at radius 2 is 1.89 bits per heavy atom. The van der Waals surface area contributed by atoms with Crippen LogP contribution in [0.3, 0.4) is 0 Å². The van der Waals surface area contributed by atoms with Crippen LogP contribution in [0.2, 0.25) is 0 Å². The monoisotopic (exact) mass is 529 g/mol. The molecule has 2 heterocycles. The van der Waals surface area contributed by atoms with Crippen molar-refractivity contribution < 1.29 is 19.1 Å². The van der Waals surface area contributed by atoms with Crippen molar-refractivity contribution in [3.63, 3.8) is 0 Å². The summed E-state index contributed by atoms with van der Waals surface area (Å²) in [5, 5.41) is 4.28. The lowest BCUT2D eigenvalue weighted by molar-refractivity contribution is 0.1000. The van der Waals surface area contributed by atoms with E-state index in [9.17, 15) is 9.59 Å². The highest BCUT2D eigenvalue weighted by molar-refractivity contribution is 7.17. The number of benzene rings is 2. The molecular formula is C30H31N3O4S. The Hall–Kier alpha value is -3.91. The highest BCUT2D eigenvalue weighted by Gasteiger charge is 2.29. The second-order valence-electron chi connectivity index (χ2n) is 9.57. The number of carbonyl (C=O) groups excluding carboxylic acids is 2. The van der Waals surface area contributed by atoms with Gasteiger partial charge in [0.05, 0.1) is 36.6 Å². The molecule has 1 unspecified atom stereocenters. The SMILES string of the molecule is CCCC1CCc2c(sc(NC(=O)c3cc(-c4ccc(OC)c(OC)c4)nc4ccccc34)c2C(N)=O)C1. The van der Waals surface area contributed by atoms with Gasteiger partial charge < -0.3 is 20.5 Å². The molecule has 2 aromatic carbocycles. The number of aromatic nitrogens is 1. The van der Waals surface area contributed by atoms with Gasteiger partial charge in [0.25, 0.3) is 11.8 Å². The van der Waals surface area contributed by atoms with Crippen molar-refractivity contribution in [3.8, 4) is 22.8 Å². The zero-order chi connectivity index (χ0) is 26.8. The molecule has 0 bridgehead atoms. The minimum absolute atomic E-state index is 0.309. The van der Waals surface area contributed by atoms with Gasteiger partial charge in [-0.15, -0.1) is 11.3 Å². The molecule has 5 rings (SSSR count). The van der Waals surface area contributed by atoms with Gasteiger partial charge in [0.2, 0.25) is 0 Å². The minimum atomic E-state index is -0.502. The standard InChI is InChI=1S/C30H31N3O4S/c1-4-7-17-10-12-20-26(14-17)38-30(27(20)28(31)34)33-29(35)21-16-23(32-22-9-6-5-8-19(21)22)18-11-13-24(36-2)25(15-18)37-3/h5-6,8-9,11,13,15-17H,4,7,10,12,14H2,1-3H3,(H2,31,34)(H,33,35). The Labute approximate surface area is 226 Å². The molecule has 0 fully saturated rings. The van der Waals surface area contributed by atoms with E-state index in [1.54, 1.807) is 20.3 Å². The summed E-state index contributed by atoms with van der Waals surface area (Å²) in [5.41, 5.74) is 9.82. The average molecular weight is 530 g/mol. The van der Waals surface area contributed by atoms with E-state index in [-0.39, 0.29) is 5.91 Å². The Balaban J connectivity index is 1.55. The van der Waals surface area contributed by atoms with E-state index in [1.165, 1.54) is 11.3 Å². The van der Waals surface area contributed by atoms with Gasteiger partial charge in [0, 0.05) is 15.8 Å². The molecule has 0 spiro atoms. The summed E-state index contributed by atoms with van der Waals surface area (Å²) < 4.78 is 10.8. The van der Waals surface area contributed by atoms with Crippen LogP contribution in [0.4, 0.5) is 5.00 Å². The number of nitrogens with one attached hydrogen (secondary N) is 1. The molecule has 1 aliphatic rings. The van der Waals surface area contributed by atoms with Gasteiger partial charge >= 0.3 is 0 Å². The van der Waals surface area contributed by atoms with E-state index < -0.39 is 5.91 Å². The number of carbonyl (C=O) groups is 2. The quantitative estimate of drug-likeness (QED) is 0.281. The van der Waals surface area contributed by atoms with Crippen LogP contribution >= 0.6 is 11.3 Å². The van der Waals surface area contributed by atoms with Gasteiger partial charge in [0.15, 0.2) is 11.5 Å². The number of nitrogens with two attached hydrogens (primary N) is 1. The average Bonchev–Trinajstić information content (AvgIpc) is 3.29. The van der Waals surface area contributed by atoms with Crippen LogP contribution in [-0.4, -0.2) is 31.0 Å². The minimum Gasteiger partial charge on any atom is -0.493 e. The largest absolute Gasteiger partial charge is 0.493 e. The van der Waals surface area contributed by atoms with Gasteiger partial charge in [-0.2, -0.15) is 0 Å². The van der Waals surface area contributed by atoms with Crippen LogP contribution < -0.4 is 20.5 Å². The number of hydrogen-bond donors (Lipinski definition) is 2. The molecule has 0 radical (unpaired) electrons. The fourth-order valence-electron chi connectivity index (χ4n) is 5.33. The smallest absolute Gasteiger partial charge is 0.257 e. The number of anilines is 1. The van der Waals surface area contributed by atoms with Crippen molar-refractivity contribution in [1.82, 2.24) is 4.98 Å². The summed E-state index contributed by atoms with van der Waals surface area (Å²) >= 11 is 1.48. The highest BCUT2D eigenvalue weighted by atomic mass is 32.1. The van der Waals surface area contributed by atoms with Crippen molar-refractivity contribution in [2.75, 3.05) is 19.5 Å². The first-order valence-electron chi connectivity index (χ1n) is 12.8. The lowest BCUT2D eigenvalue weighted by Crippen LogP contribution is -2.20. The molecule has 0 aliphatic heterocycles. The van der Waals surface area contributed by atoms with Crippen molar-refractivity contribution in [2.45, 2.75) is 39.0 Å². The molecule has 0 saturated carbocycles. The number of ether oxygens (including phenoxy) is 2. The zero-order valence-electron chi connectivity index (χ0n) is 21.8. The summed E-state index contributed by atoms with van der Waals surface area (Å²) in [6.07, 6.45) is 5.06. The van der Waals surface area contributed by atoms with Gasteiger partial charge in [-0.25, -0.2) is 4.98 Å². The fourth-order valence-corrected chi connectivity index (χ4v) is 6.70. The van der Waals surface area contributed by atoms with E-state index in [0.717, 1.165) is 53.5 Å². The van der Waals surface area contributed by atoms with E-state index in [1.807, 2.05) is 42.5 Å². The van der Waals surface area contributed by atoms with Crippen molar-refractivity contribution in [1.29, 1.82) is 0 Å². The van der Waals surface area contributed by atoms with Gasteiger partial charge in [-0.05, 0) is 61.1 Å². The summed E-state index contributed by atoms with van der Waals surface area (Å²) in [6.45, 7) is 2.19. The molecule has 8 heteroatoms. The predicted octanol–water partition coefficient (Wildman–Crippen LogP) is 6.24. The Morgan fingerprint density at radius 3 is 2.63 bits per heavy atom. The molecule has 7 nitrogen and oxygen atoms in total. The van der Waals surface area contributed by atoms with Gasteiger partial charge in [-0.3, -0.25) is 9.59 Å². The first-order chi connectivity index (χ1) is 18.4. The number of primary amides is 1. The summed E-state index contributed by atoms with van der Waals surface area (Å²) in [5.74, 6) is 0.969. The fraction of sp³-hybridized carbons (Fsp3) is 0.300. The molecule has 2 amide bonds. The molecule has 38 heavy (non-hydrogen) atoms. The van der Waals surface area contributed by atoms with Gasteiger partial charge in [0.1, 0.15) is 5.00 Å². The van der Waals surface area contributed by atoms with Crippen molar-refractivity contribution in [3.05, 3.63) is 70.1 Å². The molecule has 1 atom stereocenters. The van der Waals surface area contributed by atoms with Crippen molar-refractivity contribution in [2.24, 2.45) is 11.7 Å². The van der Waals surface area contributed by atoms with Crippen LogP contribution in [0, 0.1) is 5.92 Å². The van der Waals surface area contributed by atoms with Gasteiger partial charge in [-0.1, -0.05) is 38.0 Å². The van der Waals surface area contributed by atoms with Crippen LogP contribution in [0.5, 0.6) is 11.5 Å². The Kier molecular flexibility index (Phi) is 7.33. The van der Waals surface area contributed by atoms with E-state index >= 15 is 0 Å². The highest BCUT2D eigenvalue weighted by Crippen LogP contribution is 2.41. The van der Waals surface area contributed by atoms with Crippen LogP contribution in [0.15, 0.2) is 48.5 Å². The number of hydrogen-bond acceptors (Lipinski definition) is 6. The normalized spacial score (nSPS) is 14.7. The topological polar surface area (TPSA) is 104 Å². The maximum atomic E-state index is 13.8. The third-order valence-electron chi connectivity index (χ3n) is 7.18. The molecular weight excluding hydrogens is 498 g/mol. The number of para-hydroxylation sites is 1. The molecule has 0 saturated heterocycles. The van der Waals surface area contributed by atoms with Crippen molar-refractivity contribution >= 4 is 39.1 Å². The first-order valence-corrected chi connectivity index (χ1v) is 13.6. The lowest BCUT2D eigenvalue weighted by Gasteiger charge is -2.21. The summed E-state index contributed by atoms with van der Waals surface area (Å²) in [4.78, 5) is 32.2. The van der Waals surface area contributed by atoms with E-state index in [4.69, 9.17) is 20.2 Å². The maximum absolute atomic E-state index is 13.8. The Morgan fingerprint density at radius 1 is 1.11 bits per heavy atom. The number of pyridine rings is 1. The molecule has 3 N–H and O–H groups in total. The van der Waals surface area contributed by atoms with E-state index in [2.05, 4.69) is 12.2 Å². The maximum Gasteiger partial charge on any atom is 0.257 e. The van der Waals surface area contributed by atoms with Crippen LogP contribution in [-0.2, 0) is 12.8 Å². The molecule has 2 aromatic heterocycles. The number of amides is 2. The molecule has 196 valence electrons. The van der Waals surface area contributed by atoms with Crippen LogP contribution in [0.25, 0.3) is 22.2 Å². The molecule has 4 aromatic rings. The second-order valence-corrected chi connectivity index (χ2v) is 10.7. The Bertz CT molecular complexity index is 1530. The molecule has 1 aliphatic carbocycles. The summed E-state index contributed by atoms with van der Waals surface area (Å²) in [7, 11) is 3.16. The number of methoxy groups -OCH3 is 2.